The molecule has 0 amide bonds. The Morgan fingerprint density at radius 1 is 0.390 bits per heavy atom. The summed E-state index contributed by atoms with van der Waals surface area (Å²) in [6.07, 6.45) is 9.03. The lowest BCUT2D eigenvalue weighted by Crippen LogP contribution is -2.15. The molecule has 0 fully saturated rings. The van der Waals surface area contributed by atoms with Crippen LogP contribution in [-0.2, 0) is 0 Å². The first-order chi connectivity index (χ1) is 29.2. The zero-order valence-corrected chi connectivity index (χ0v) is 32.6. The largest absolute Gasteiger partial charge is 0.456 e. The van der Waals surface area contributed by atoms with Gasteiger partial charge in [-0.05, 0) is 90.7 Å². The summed E-state index contributed by atoms with van der Waals surface area (Å²) in [5.74, 6) is 0.363. The van der Waals surface area contributed by atoms with Crippen molar-refractivity contribution in [2.75, 3.05) is 0 Å². The van der Waals surface area contributed by atoms with Crippen molar-refractivity contribution in [1.29, 1.82) is 0 Å². The summed E-state index contributed by atoms with van der Waals surface area (Å²) in [5.41, 5.74) is 14.0. The smallest absolute Gasteiger partial charge is 0.136 e. The van der Waals surface area contributed by atoms with Crippen molar-refractivity contribution in [1.82, 2.24) is 4.57 Å². The third kappa shape index (κ3) is 5.20. The van der Waals surface area contributed by atoms with E-state index in [0.29, 0.717) is 5.92 Å². The highest BCUT2D eigenvalue weighted by atomic mass is 16.3. The monoisotopic (exact) mass is 753 g/mol. The van der Waals surface area contributed by atoms with Crippen LogP contribution < -0.4 is 0 Å². The summed E-state index contributed by atoms with van der Waals surface area (Å²) in [4.78, 5) is 0. The molecule has 0 radical (unpaired) electrons. The van der Waals surface area contributed by atoms with Crippen molar-refractivity contribution in [3.05, 3.63) is 206 Å². The summed E-state index contributed by atoms with van der Waals surface area (Å²) in [5, 5.41) is 9.86. The lowest BCUT2D eigenvalue weighted by Gasteiger charge is -2.24. The van der Waals surface area contributed by atoms with Crippen LogP contribution in [0.2, 0.25) is 0 Å². The van der Waals surface area contributed by atoms with Crippen LogP contribution in [0.4, 0.5) is 0 Å². The van der Waals surface area contributed by atoms with E-state index in [-0.39, 0.29) is 6.04 Å². The van der Waals surface area contributed by atoms with Crippen LogP contribution in [0.1, 0.15) is 13.0 Å². The average molecular weight is 754 g/mol. The zero-order chi connectivity index (χ0) is 39.0. The van der Waals surface area contributed by atoms with Gasteiger partial charge in [-0.3, -0.25) is 0 Å². The Labute approximate surface area is 342 Å². The second-order valence-corrected chi connectivity index (χ2v) is 16.0. The maximum Gasteiger partial charge on any atom is 0.136 e. The molecule has 0 saturated carbocycles. The molecule has 2 unspecified atom stereocenters. The number of nitrogens with zero attached hydrogens (tertiary/aromatic N) is 1. The van der Waals surface area contributed by atoms with Gasteiger partial charge in [0.2, 0.25) is 0 Å². The van der Waals surface area contributed by atoms with E-state index in [4.69, 9.17) is 4.42 Å². The molecule has 2 aromatic heterocycles. The summed E-state index contributed by atoms with van der Waals surface area (Å²) in [7, 11) is 0. The van der Waals surface area contributed by atoms with Crippen molar-refractivity contribution >= 4 is 65.3 Å². The molecule has 1 aliphatic rings. The van der Waals surface area contributed by atoms with Gasteiger partial charge in [-0.2, -0.15) is 0 Å². The number of hydrogen-bond donors (Lipinski definition) is 0. The van der Waals surface area contributed by atoms with E-state index in [1.807, 2.05) is 0 Å². The Hall–Kier alpha value is -7.42. The Morgan fingerprint density at radius 3 is 1.63 bits per heavy atom. The van der Waals surface area contributed by atoms with Gasteiger partial charge in [0.1, 0.15) is 11.2 Å². The molecule has 59 heavy (non-hydrogen) atoms. The molecule has 1 aliphatic carbocycles. The summed E-state index contributed by atoms with van der Waals surface area (Å²) >= 11 is 0. The van der Waals surface area contributed by atoms with Gasteiger partial charge in [0.25, 0.3) is 0 Å². The van der Waals surface area contributed by atoms with Crippen LogP contribution >= 0.6 is 0 Å². The molecule has 2 nitrogen and oxygen atoms in total. The van der Waals surface area contributed by atoms with E-state index in [9.17, 15) is 0 Å². The predicted molar refractivity (Wildman–Crippen MR) is 250 cm³/mol. The van der Waals surface area contributed by atoms with Gasteiger partial charge in [0.05, 0.1) is 11.6 Å². The zero-order valence-electron chi connectivity index (χ0n) is 32.6. The number of aromatic nitrogens is 1. The minimum absolute atomic E-state index is 0.212. The maximum absolute atomic E-state index is 6.55. The molecule has 0 bridgehead atoms. The highest BCUT2D eigenvalue weighted by Crippen LogP contribution is 2.47. The summed E-state index contributed by atoms with van der Waals surface area (Å²) < 4.78 is 9.11. The molecule has 0 N–H and O–H groups in total. The van der Waals surface area contributed by atoms with Gasteiger partial charge >= 0.3 is 0 Å². The number of allylic oxidation sites excluding steroid dienone is 4. The van der Waals surface area contributed by atoms with Crippen LogP contribution in [0.3, 0.4) is 0 Å². The number of furan rings is 1. The number of hydrogen-bond acceptors (Lipinski definition) is 1. The van der Waals surface area contributed by atoms with E-state index in [1.54, 1.807) is 0 Å². The van der Waals surface area contributed by atoms with Crippen LogP contribution in [0, 0.1) is 5.92 Å². The highest BCUT2D eigenvalue weighted by molar-refractivity contribution is 6.22. The standard InChI is InChI=1S/C57H39NO/c1-36-15-5-12-24-49(36)58-50-25-13-10-18-42(50)43-32-31-40(35-51(43)58)56-41(33-34-53-57(56)48-23-11-14-26-52(48)59-53)37-27-29-39(30-28-37)55-46-21-8-6-19-44(46)54(38-16-3-2-4-17-38)45-20-7-9-22-47(45)55/h2-36,49H,1H3. The maximum atomic E-state index is 6.55. The van der Waals surface area contributed by atoms with Gasteiger partial charge in [-0.15, -0.1) is 0 Å². The Morgan fingerprint density at radius 2 is 0.932 bits per heavy atom. The molecule has 11 aromatic rings. The van der Waals surface area contributed by atoms with Gasteiger partial charge in [0.15, 0.2) is 0 Å². The van der Waals surface area contributed by atoms with Gasteiger partial charge in [0, 0.05) is 32.6 Å². The third-order valence-corrected chi connectivity index (χ3v) is 12.7. The number of fused-ring (bicyclic) bond motifs is 8. The van der Waals surface area contributed by atoms with Crippen molar-refractivity contribution < 1.29 is 4.42 Å². The number of para-hydroxylation sites is 2. The lowest BCUT2D eigenvalue weighted by molar-refractivity contribution is 0.510. The second-order valence-electron chi connectivity index (χ2n) is 16.0. The summed E-state index contributed by atoms with van der Waals surface area (Å²) in [6.45, 7) is 2.32. The molecule has 9 aromatic carbocycles. The molecular weight excluding hydrogens is 715 g/mol. The number of benzene rings is 9. The fourth-order valence-electron chi connectivity index (χ4n) is 10.0. The first-order valence-corrected chi connectivity index (χ1v) is 20.6. The predicted octanol–water partition coefficient (Wildman–Crippen LogP) is 16.0. The molecule has 2 atom stereocenters. The van der Waals surface area contributed by atoms with E-state index in [0.717, 1.165) is 21.9 Å². The molecule has 2 heterocycles. The van der Waals surface area contributed by atoms with Gasteiger partial charge in [-0.25, -0.2) is 0 Å². The van der Waals surface area contributed by atoms with Crippen molar-refractivity contribution in [3.63, 3.8) is 0 Å². The minimum atomic E-state index is 0.212. The first kappa shape index (κ1) is 33.7. The molecular formula is C57H39NO. The Balaban J connectivity index is 1.08. The quantitative estimate of drug-likeness (QED) is 0.160. The number of rotatable bonds is 5. The molecule has 0 saturated heterocycles. The van der Waals surface area contributed by atoms with Gasteiger partial charge < -0.3 is 8.98 Å². The lowest BCUT2D eigenvalue weighted by atomic mass is 9.85. The molecule has 2 heteroatoms. The van der Waals surface area contributed by atoms with E-state index in [2.05, 4.69) is 218 Å². The van der Waals surface area contributed by atoms with E-state index < -0.39 is 0 Å². The average Bonchev–Trinajstić information content (AvgIpc) is 3.84. The topological polar surface area (TPSA) is 18.1 Å². The van der Waals surface area contributed by atoms with Crippen LogP contribution in [0.25, 0.3) is 110 Å². The van der Waals surface area contributed by atoms with E-state index in [1.165, 1.54) is 87.9 Å². The van der Waals surface area contributed by atoms with Crippen LogP contribution in [-0.4, -0.2) is 4.57 Å². The van der Waals surface area contributed by atoms with Gasteiger partial charge in [-0.1, -0.05) is 189 Å². The van der Waals surface area contributed by atoms with Crippen molar-refractivity contribution in [2.45, 2.75) is 13.0 Å². The fourth-order valence-corrected chi connectivity index (χ4v) is 10.0. The highest BCUT2D eigenvalue weighted by Gasteiger charge is 2.24. The first-order valence-electron chi connectivity index (χ1n) is 20.6. The van der Waals surface area contributed by atoms with Crippen LogP contribution in [0.15, 0.2) is 211 Å². The van der Waals surface area contributed by atoms with Crippen molar-refractivity contribution in [3.8, 4) is 44.5 Å². The van der Waals surface area contributed by atoms with Crippen molar-refractivity contribution in [2.24, 2.45) is 5.92 Å². The molecule has 0 spiro atoms. The minimum Gasteiger partial charge on any atom is -0.456 e. The Kier molecular flexibility index (Phi) is 7.61. The van der Waals surface area contributed by atoms with Crippen LogP contribution in [0.5, 0.6) is 0 Å². The molecule has 278 valence electrons. The third-order valence-electron chi connectivity index (χ3n) is 12.7. The summed E-state index contributed by atoms with van der Waals surface area (Å²) in [6, 6.07) is 66.8. The van der Waals surface area contributed by atoms with E-state index >= 15 is 0 Å². The fraction of sp³-hybridized carbons (Fsp3) is 0.0526. The normalized spacial score (nSPS) is 15.4. The SMILES string of the molecule is CC1C=CC=CC1n1c2ccccc2c2ccc(-c3c(-c4ccc(-c5c6ccccc6c(-c6ccccc6)c6ccccc56)cc4)ccc4oc5ccccc5c34)cc21. The second kappa shape index (κ2) is 13.3. The molecule has 12 rings (SSSR count). The Bertz CT molecular complexity index is 3450. The molecule has 0 aliphatic heterocycles.